The Hall–Kier alpha value is -2.27. The van der Waals surface area contributed by atoms with Crippen LogP contribution in [0.5, 0.6) is 0 Å². The number of halogens is 1. The molecule has 130 valence electrons. The average Bonchev–Trinajstić information content (AvgIpc) is 2.62. The summed E-state index contributed by atoms with van der Waals surface area (Å²) in [6.45, 7) is 2.89. The lowest BCUT2D eigenvalue weighted by atomic mass is 10.1. The normalized spacial score (nSPS) is 16.5. The molecule has 0 amide bonds. The SMILES string of the molecule is N#Cc1cccc(C[NH+]2CCN(S(=O)(=O)c3cccc(F)c3)CC2)c1. The van der Waals surface area contributed by atoms with Crippen molar-refractivity contribution in [1.29, 1.82) is 5.26 Å². The molecule has 0 bridgehead atoms. The molecular weight excluding hydrogens is 341 g/mol. The highest BCUT2D eigenvalue weighted by Crippen LogP contribution is 2.16. The third kappa shape index (κ3) is 4.04. The molecule has 1 saturated heterocycles. The van der Waals surface area contributed by atoms with Gasteiger partial charge in [-0.05, 0) is 30.3 Å². The van der Waals surface area contributed by atoms with Gasteiger partial charge < -0.3 is 4.90 Å². The molecular formula is C18H19FN3O2S+. The van der Waals surface area contributed by atoms with E-state index in [9.17, 15) is 12.8 Å². The van der Waals surface area contributed by atoms with Crippen LogP contribution in [0.1, 0.15) is 11.1 Å². The molecule has 1 fully saturated rings. The first-order valence-electron chi connectivity index (χ1n) is 8.07. The summed E-state index contributed by atoms with van der Waals surface area (Å²) in [5.74, 6) is -0.553. The highest BCUT2D eigenvalue weighted by molar-refractivity contribution is 7.89. The molecule has 3 rings (SSSR count). The van der Waals surface area contributed by atoms with Crippen molar-refractivity contribution in [3.63, 3.8) is 0 Å². The Kier molecular flexibility index (Phi) is 5.13. The summed E-state index contributed by atoms with van der Waals surface area (Å²) in [7, 11) is -3.65. The number of hydrogen-bond acceptors (Lipinski definition) is 3. The molecule has 0 unspecified atom stereocenters. The van der Waals surface area contributed by atoms with Gasteiger partial charge in [0.25, 0.3) is 0 Å². The van der Waals surface area contributed by atoms with Crippen molar-refractivity contribution in [1.82, 2.24) is 4.31 Å². The minimum absolute atomic E-state index is 0.00216. The van der Waals surface area contributed by atoms with Crippen LogP contribution in [0.25, 0.3) is 0 Å². The van der Waals surface area contributed by atoms with E-state index in [0.717, 1.165) is 18.2 Å². The molecule has 0 saturated carbocycles. The second kappa shape index (κ2) is 7.31. The number of quaternary nitrogens is 1. The minimum atomic E-state index is -3.65. The van der Waals surface area contributed by atoms with Gasteiger partial charge in [-0.2, -0.15) is 9.57 Å². The predicted octanol–water partition coefficient (Wildman–Crippen LogP) is 0.787. The van der Waals surface area contributed by atoms with E-state index < -0.39 is 15.8 Å². The maximum Gasteiger partial charge on any atom is 0.243 e. The highest BCUT2D eigenvalue weighted by atomic mass is 32.2. The average molecular weight is 360 g/mol. The largest absolute Gasteiger partial charge is 0.329 e. The second-order valence-electron chi connectivity index (χ2n) is 6.10. The maximum atomic E-state index is 13.3. The molecule has 0 spiro atoms. The Bertz CT molecular complexity index is 901. The smallest absolute Gasteiger partial charge is 0.243 e. The Balaban J connectivity index is 1.64. The molecule has 7 heteroatoms. The van der Waals surface area contributed by atoms with Gasteiger partial charge in [0.15, 0.2) is 0 Å². The monoisotopic (exact) mass is 360 g/mol. The van der Waals surface area contributed by atoms with Gasteiger partial charge in [0.05, 0.1) is 42.7 Å². The number of nitriles is 1. The van der Waals surface area contributed by atoms with Crippen LogP contribution >= 0.6 is 0 Å². The topological polar surface area (TPSA) is 65.6 Å². The number of rotatable bonds is 4. The van der Waals surface area contributed by atoms with Crippen molar-refractivity contribution in [3.8, 4) is 6.07 Å². The lowest BCUT2D eigenvalue weighted by molar-refractivity contribution is -0.917. The van der Waals surface area contributed by atoms with Crippen molar-refractivity contribution in [3.05, 3.63) is 65.5 Å². The number of nitrogens with one attached hydrogen (secondary N) is 1. The third-order valence-electron chi connectivity index (χ3n) is 4.37. The molecule has 2 aromatic rings. The van der Waals surface area contributed by atoms with Crippen LogP contribution in [0.15, 0.2) is 53.4 Å². The predicted molar refractivity (Wildman–Crippen MR) is 90.7 cm³/mol. The van der Waals surface area contributed by atoms with Gasteiger partial charge in [-0.25, -0.2) is 12.8 Å². The van der Waals surface area contributed by atoms with Crippen molar-refractivity contribution in [2.75, 3.05) is 26.2 Å². The van der Waals surface area contributed by atoms with Crippen molar-refractivity contribution < 1.29 is 17.7 Å². The van der Waals surface area contributed by atoms with E-state index in [1.807, 2.05) is 18.2 Å². The lowest BCUT2D eigenvalue weighted by Crippen LogP contribution is -3.13. The zero-order valence-electron chi connectivity index (χ0n) is 13.7. The summed E-state index contributed by atoms with van der Waals surface area (Å²) in [5, 5.41) is 8.96. The second-order valence-corrected chi connectivity index (χ2v) is 8.04. The van der Waals surface area contributed by atoms with E-state index in [-0.39, 0.29) is 4.90 Å². The fraction of sp³-hybridized carbons (Fsp3) is 0.278. The number of piperazine rings is 1. The zero-order chi connectivity index (χ0) is 17.9. The molecule has 1 aliphatic heterocycles. The van der Waals surface area contributed by atoms with Crippen molar-refractivity contribution in [2.45, 2.75) is 11.4 Å². The summed E-state index contributed by atoms with van der Waals surface area (Å²) in [4.78, 5) is 1.26. The molecule has 1 heterocycles. The fourth-order valence-electron chi connectivity index (χ4n) is 3.04. The lowest BCUT2D eigenvalue weighted by Gasteiger charge is -2.31. The first-order chi connectivity index (χ1) is 12.0. The van der Waals surface area contributed by atoms with Crippen LogP contribution in [-0.2, 0) is 16.6 Å². The fourth-order valence-corrected chi connectivity index (χ4v) is 4.51. The van der Waals surface area contributed by atoms with Gasteiger partial charge >= 0.3 is 0 Å². The number of hydrogen-bond donors (Lipinski definition) is 1. The van der Waals surface area contributed by atoms with Crippen LogP contribution < -0.4 is 4.90 Å². The van der Waals surface area contributed by atoms with Crippen LogP contribution in [0.3, 0.4) is 0 Å². The molecule has 1 aliphatic rings. The number of nitrogens with zero attached hydrogens (tertiary/aromatic N) is 2. The van der Waals surface area contributed by atoms with Gasteiger partial charge in [0.2, 0.25) is 10.0 Å². The maximum absolute atomic E-state index is 13.3. The van der Waals surface area contributed by atoms with Gasteiger partial charge in [0.1, 0.15) is 12.4 Å². The molecule has 0 aliphatic carbocycles. The van der Waals surface area contributed by atoms with Gasteiger partial charge in [-0.3, -0.25) is 0 Å². The Morgan fingerprint density at radius 2 is 1.84 bits per heavy atom. The molecule has 0 radical (unpaired) electrons. The van der Waals surface area contributed by atoms with E-state index >= 15 is 0 Å². The van der Waals surface area contributed by atoms with Crippen LogP contribution in [0, 0.1) is 17.1 Å². The summed E-state index contributed by atoms with van der Waals surface area (Å²) < 4.78 is 39.9. The van der Waals surface area contributed by atoms with E-state index in [1.54, 1.807) is 6.07 Å². The highest BCUT2D eigenvalue weighted by Gasteiger charge is 2.30. The van der Waals surface area contributed by atoms with Gasteiger partial charge in [-0.1, -0.05) is 18.2 Å². The Morgan fingerprint density at radius 1 is 1.12 bits per heavy atom. The zero-order valence-corrected chi connectivity index (χ0v) is 14.5. The summed E-state index contributed by atoms with van der Waals surface area (Å²) in [6, 6.07) is 14.7. The summed E-state index contributed by atoms with van der Waals surface area (Å²) >= 11 is 0. The van der Waals surface area contributed by atoms with E-state index in [2.05, 4.69) is 6.07 Å². The van der Waals surface area contributed by atoms with Gasteiger partial charge in [0, 0.05) is 5.56 Å². The first-order valence-corrected chi connectivity index (χ1v) is 9.51. The molecule has 2 aromatic carbocycles. The van der Waals surface area contributed by atoms with Crippen LogP contribution in [0.4, 0.5) is 4.39 Å². The van der Waals surface area contributed by atoms with Crippen LogP contribution in [-0.4, -0.2) is 38.9 Å². The number of benzene rings is 2. The quantitative estimate of drug-likeness (QED) is 0.877. The van der Waals surface area contributed by atoms with Crippen molar-refractivity contribution >= 4 is 10.0 Å². The standard InChI is InChI=1S/C18H18FN3O2S/c19-17-5-2-6-18(12-17)25(23,24)22-9-7-21(8-10-22)14-16-4-1-3-15(11-16)13-20/h1-6,11-12H,7-10,14H2/p+1. The van der Waals surface area contributed by atoms with E-state index in [1.165, 1.54) is 27.4 Å². The van der Waals surface area contributed by atoms with Crippen molar-refractivity contribution in [2.24, 2.45) is 0 Å². The molecule has 0 atom stereocenters. The Labute approximate surface area is 147 Å². The third-order valence-corrected chi connectivity index (χ3v) is 6.27. The Morgan fingerprint density at radius 3 is 2.52 bits per heavy atom. The molecule has 25 heavy (non-hydrogen) atoms. The molecule has 5 nitrogen and oxygen atoms in total. The summed E-state index contributed by atoms with van der Waals surface area (Å²) in [6.07, 6.45) is 0. The summed E-state index contributed by atoms with van der Waals surface area (Å²) in [5.41, 5.74) is 1.69. The molecule has 1 N–H and O–H groups in total. The number of sulfonamides is 1. The van der Waals surface area contributed by atoms with E-state index in [4.69, 9.17) is 5.26 Å². The minimum Gasteiger partial charge on any atom is -0.329 e. The molecule has 0 aromatic heterocycles. The van der Waals surface area contributed by atoms with Gasteiger partial charge in [-0.15, -0.1) is 0 Å². The van der Waals surface area contributed by atoms with Crippen LogP contribution in [0.2, 0.25) is 0 Å². The van der Waals surface area contributed by atoms with E-state index in [0.29, 0.717) is 31.7 Å². The first kappa shape index (κ1) is 17.5.